The number of unbranched alkanes of at least 4 members (excludes halogenated alkanes) is 27. The van der Waals surface area contributed by atoms with Gasteiger partial charge in [0.15, 0.2) is 6.10 Å². The van der Waals surface area contributed by atoms with E-state index in [4.69, 9.17) is 9.47 Å². The van der Waals surface area contributed by atoms with Crippen molar-refractivity contribution in [3.63, 3.8) is 0 Å². The van der Waals surface area contributed by atoms with Gasteiger partial charge in [0.2, 0.25) is 0 Å². The van der Waals surface area contributed by atoms with Crippen LogP contribution in [0.25, 0.3) is 0 Å². The van der Waals surface area contributed by atoms with Crippen LogP contribution in [0, 0.1) is 0 Å². The second-order valence-corrected chi connectivity index (χ2v) is 18.3. The van der Waals surface area contributed by atoms with Crippen LogP contribution in [-0.2, 0) is 19.1 Å². The zero-order chi connectivity index (χ0) is 47.7. The lowest BCUT2D eigenvalue weighted by Crippen LogP contribution is -2.28. The Hall–Kier alpha value is -3.18. The van der Waals surface area contributed by atoms with Crippen LogP contribution in [0.1, 0.15) is 258 Å². The molecule has 0 aliphatic carbocycles. The number of rotatable bonds is 50. The first-order valence-electron chi connectivity index (χ1n) is 27.8. The van der Waals surface area contributed by atoms with E-state index in [1.807, 2.05) is 6.08 Å². The van der Waals surface area contributed by atoms with E-state index in [-0.39, 0.29) is 25.6 Å². The van der Waals surface area contributed by atoms with Gasteiger partial charge >= 0.3 is 11.9 Å². The fraction of sp³-hybridized carbons (Fsp3) is 0.705. The highest BCUT2D eigenvalue weighted by molar-refractivity contribution is 5.71. The minimum Gasteiger partial charge on any atom is -0.462 e. The highest BCUT2D eigenvalue weighted by atomic mass is 16.6. The lowest BCUT2D eigenvalue weighted by atomic mass is 10.0. The average Bonchev–Trinajstić information content (AvgIpc) is 3.32. The van der Waals surface area contributed by atoms with Crippen molar-refractivity contribution in [1.29, 1.82) is 0 Å². The van der Waals surface area contributed by atoms with Crippen LogP contribution in [0.2, 0.25) is 0 Å². The van der Waals surface area contributed by atoms with E-state index in [2.05, 4.69) is 98.9 Å². The van der Waals surface area contributed by atoms with Gasteiger partial charge in [-0.1, -0.05) is 265 Å². The van der Waals surface area contributed by atoms with Crippen molar-refractivity contribution >= 4 is 11.9 Å². The fourth-order valence-electron chi connectivity index (χ4n) is 7.76. The van der Waals surface area contributed by atoms with E-state index < -0.39 is 12.1 Å². The minimum atomic E-state index is -0.830. The van der Waals surface area contributed by atoms with E-state index in [9.17, 15) is 14.7 Å². The third kappa shape index (κ3) is 53.4. The number of carbonyl (C=O) groups is 2. The van der Waals surface area contributed by atoms with Crippen LogP contribution < -0.4 is 0 Å². The van der Waals surface area contributed by atoms with E-state index in [0.29, 0.717) is 6.42 Å². The normalized spacial score (nSPS) is 13.0. The molecule has 0 saturated heterocycles. The predicted molar refractivity (Wildman–Crippen MR) is 288 cm³/mol. The van der Waals surface area contributed by atoms with Gasteiger partial charge in [0.05, 0.1) is 13.0 Å². The lowest BCUT2D eigenvalue weighted by molar-refractivity contribution is -0.160. The molecule has 1 N–H and O–H groups in total. The maximum absolute atomic E-state index is 12.2. The molecule has 0 spiro atoms. The number of ether oxygens (including phenoxy) is 2. The summed E-state index contributed by atoms with van der Waals surface area (Å²) in [5.41, 5.74) is 0. The molecule has 5 heteroatoms. The Balaban J connectivity index is 3.47. The second-order valence-electron chi connectivity index (χ2n) is 18.3. The van der Waals surface area contributed by atoms with Gasteiger partial charge in [0, 0.05) is 6.42 Å². The molecule has 0 aliphatic heterocycles. The van der Waals surface area contributed by atoms with Crippen molar-refractivity contribution in [3.05, 3.63) is 97.2 Å². The summed E-state index contributed by atoms with van der Waals surface area (Å²) in [6.45, 7) is 3.94. The number of hydrogen-bond acceptors (Lipinski definition) is 5. The number of aliphatic hydroxyl groups excluding tert-OH is 1. The molecule has 0 aromatic heterocycles. The molecule has 0 rings (SSSR count). The molecule has 0 aliphatic rings. The van der Waals surface area contributed by atoms with E-state index >= 15 is 0 Å². The molecule has 0 fully saturated rings. The van der Waals surface area contributed by atoms with Crippen LogP contribution in [0.15, 0.2) is 97.2 Å². The predicted octanol–water partition coefficient (Wildman–Crippen LogP) is 18.7. The molecular formula is C61H104O5. The van der Waals surface area contributed by atoms with Gasteiger partial charge in [0.1, 0.15) is 6.61 Å². The Labute approximate surface area is 408 Å². The Morgan fingerprint density at radius 2 is 0.697 bits per heavy atom. The van der Waals surface area contributed by atoms with Gasteiger partial charge < -0.3 is 14.6 Å². The lowest BCUT2D eigenvalue weighted by Gasteiger charge is -2.15. The number of esters is 2. The Morgan fingerprint density at radius 1 is 0.379 bits per heavy atom. The van der Waals surface area contributed by atoms with Gasteiger partial charge in [-0.25, -0.2) is 0 Å². The molecule has 66 heavy (non-hydrogen) atoms. The highest BCUT2D eigenvalue weighted by Gasteiger charge is 2.15. The van der Waals surface area contributed by atoms with Gasteiger partial charge in [-0.15, -0.1) is 0 Å². The molecule has 0 heterocycles. The van der Waals surface area contributed by atoms with Gasteiger partial charge in [0.25, 0.3) is 0 Å². The second kappa shape index (κ2) is 56.1. The average molecular weight is 917 g/mol. The maximum atomic E-state index is 12.2. The van der Waals surface area contributed by atoms with Crippen molar-refractivity contribution in [2.24, 2.45) is 0 Å². The monoisotopic (exact) mass is 917 g/mol. The Morgan fingerprint density at radius 3 is 1.06 bits per heavy atom. The summed E-state index contributed by atoms with van der Waals surface area (Å²) in [6.07, 6.45) is 80.0. The SMILES string of the molecule is CC/C=C\C/C=C\C/C=C\C/C=C\C/C=C\CC(=O)OC(CO)COC(=O)CCCCCCCCCCCCCCCCCCCCCCCC/C=C\C/C=C\C/C=C\CCCCCCC. The third-order valence-corrected chi connectivity index (χ3v) is 11.9. The van der Waals surface area contributed by atoms with Crippen LogP contribution in [0.5, 0.6) is 0 Å². The van der Waals surface area contributed by atoms with Crippen LogP contribution in [-0.4, -0.2) is 36.4 Å². The summed E-state index contributed by atoms with van der Waals surface area (Å²) < 4.78 is 10.6. The maximum Gasteiger partial charge on any atom is 0.310 e. The van der Waals surface area contributed by atoms with E-state index in [0.717, 1.165) is 64.2 Å². The van der Waals surface area contributed by atoms with Crippen LogP contribution >= 0.6 is 0 Å². The van der Waals surface area contributed by atoms with Crippen LogP contribution in [0.3, 0.4) is 0 Å². The molecule has 378 valence electrons. The number of allylic oxidation sites excluding steroid dienone is 15. The topological polar surface area (TPSA) is 72.8 Å². The van der Waals surface area contributed by atoms with Crippen molar-refractivity contribution < 1.29 is 24.2 Å². The summed E-state index contributed by atoms with van der Waals surface area (Å²) >= 11 is 0. The summed E-state index contributed by atoms with van der Waals surface area (Å²) in [5, 5.41) is 9.59. The first-order chi connectivity index (χ1) is 32.6. The molecule has 5 nitrogen and oxygen atoms in total. The molecule has 0 aromatic rings. The molecule has 0 aromatic carbocycles. The molecule has 0 saturated carbocycles. The summed E-state index contributed by atoms with van der Waals surface area (Å²) in [5.74, 6) is -0.736. The van der Waals surface area contributed by atoms with E-state index in [1.165, 1.54) is 167 Å². The highest BCUT2D eigenvalue weighted by Crippen LogP contribution is 2.16. The molecule has 1 unspecified atom stereocenters. The minimum absolute atomic E-state index is 0.108. The summed E-state index contributed by atoms with van der Waals surface area (Å²) in [7, 11) is 0. The molecule has 0 bridgehead atoms. The number of hydrogen-bond donors (Lipinski definition) is 1. The quantitative estimate of drug-likeness (QED) is 0.0374. The van der Waals surface area contributed by atoms with Crippen molar-refractivity contribution in [3.8, 4) is 0 Å². The standard InChI is InChI=1S/C61H104O5/c1-3-5-7-9-11-13-15-17-19-20-21-22-23-24-25-26-27-28-29-30-31-32-33-34-35-36-37-38-39-40-42-43-45-47-49-51-53-55-60(63)65-58-59(57-62)66-61(64)56-54-52-50-48-46-44-41-18-16-14-12-10-8-6-4-2/h6,8,12,14-15,17-18,20-21,23-24,41,46,48,52,54,59,62H,3-5,7,9-11,13,16,19,22,25-40,42-45,47,49-51,53,55-58H2,1-2H3/b8-6-,14-12-,17-15-,21-20-,24-23-,41-18-,48-46-,54-52-. The molecule has 1 atom stereocenters. The van der Waals surface area contributed by atoms with Gasteiger partial charge in [-0.2, -0.15) is 0 Å². The summed E-state index contributed by atoms with van der Waals surface area (Å²) in [6, 6.07) is 0. The fourth-order valence-corrected chi connectivity index (χ4v) is 7.76. The van der Waals surface area contributed by atoms with Gasteiger partial charge in [-0.3, -0.25) is 9.59 Å². The Kier molecular flexibility index (Phi) is 53.4. The van der Waals surface area contributed by atoms with Gasteiger partial charge in [-0.05, 0) is 77.0 Å². The largest absolute Gasteiger partial charge is 0.462 e. The zero-order valence-electron chi connectivity index (χ0n) is 43.2. The number of aliphatic hydroxyl groups is 1. The smallest absolute Gasteiger partial charge is 0.310 e. The summed E-state index contributed by atoms with van der Waals surface area (Å²) in [4.78, 5) is 24.4. The van der Waals surface area contributed by atoms with Crippen molar-refractivity contribution in [1.82, 2.24) is 0 Å². The van der Waals surface area contributed by atoms with Crippen molar-refractivity contribution in [2.45, 2.75) is 264 Å². The number of carbonyl (C=O) groups excluding carboxylic acids is 2. The molecular weight excluding hydrogens is 813 g/mol. The van der Waals surface area contributed by atoms with Crippen LogP contribution in [0.4, 0.5) is 0 Å². The molecule has 0 amide bonds. The third-order valence-electron chi connectivity index (χ3n) is 11.9. The zero-order valence-corrected chi connectivity index (χ0v) is 43.2. The first-order valence-corrected chi connectivity index (χ1v) is 27.8. The Bertz CT molecular complexity index is 1270. The van der Waals surface area contributed by atoms with E-state index in [1.54, 1.807) is 6.08 Å². The molecule has 0 radical (unpaired) electrons. The first kappa shape index (κ1) is 62.8. The van der Waals surface area contributed by atoms with Crippen molar-refractivity contribution in [2.75, 3.05) is 13.2 Å².